The normalized spacial score (nSPS) is 24.0. The molecule has 65 heavy (non-hydrogen) atoms. The predicted octanol–water partition coefficient (Wildman–Crippen LogP) is 2.79. The average Bonchev–Trinajstić information content (AvgIpc) is 3.78. The van der Waals surface area contributed by atoms with Crippen LogP contribution in [0.3, 0.4) is 0 Å². The number of hydrogen-bond donors (Lipinski definition) is 5. The summed E-state index contributed by atoms with van der Waals surface area (Å²) < 4.78 is 0. The van der Waals surface area contributed by atoms with Gasteiger partial charge in [-0.3, -0.25) is 33.6 Å². The highest BCUT2D eigenvalue weighted by molar-refractivity contribution is 5.98. The van der Waals surface area contributed by atoms with E-state index >= 15 is 0 Å². The molecule has 5 N–H and O–H groups in total. The summed E-state index contributed by atoms with van der Waals surface area (Å²) in [6.07, 6.45) is 1.49. The smallest absolute Gasteiger partial charge is 0.246 e. The number of carbonyl (C=O) groups is 7. The van der Waals surface area contributed by atoms with Crippen LogP contribution in [0, 0.1) is 11.8 Å². The summed E-state index contributed by atoms with van der Waals surface area (Å²) in [5.74, 6) is -4.62. The van der Waals surface area contributed by atoms with Gasteiger partial charge >= 0.3 is 0 Å². The number of nitrogens with one attached hydrogen (secondary N) is 3. The Labute approximate surface area is 381 Å². The van der Waals surface area contributed by atoms with Crippen molar-refractivity contribution >= 4 is 41.4 Å². The van der Waals surface area contributed by atoms with E-state index < -0.39 is 90.1 Å². The number of phenolic OH excluding ortho intramolecular Hbond substituents is 2. The number of amides is 7. The Kier molecular flexibility index (Phi) is 17.1. The van der Waals surface area contributed by atoms with Crippen LogP contribution in [0.25, 0.3) is 0 Å². The molecule has 0 saturated carbocycles. The molecule has 2 fully saturated rings. The van der Waals surface area contributed by atoms with E-state index in [0.717, 1.165) is 5.56 Å². The van der Waals surface area contributed by atoms with Gasteiger partial charge in [-0.25, -0.2) is 0 Å². The minimum atomic E-state index is -1.22. The molecule has 2 aliphatic rings. The molecule has 16 nitrogen and oxygen atoms in total. The number of likely N-dealkylation sites (N-methyl/N-ethyl adjacent to an activating group) is 3. The average molecular weight is 896 g/mol. The lowest BCUT2D eigenvalue weighted by Gasteiger charge is -2.36. The fourth-order valence-corrected chi connectivity index (χ4v) is 8.53. The minimum Gasteiger partial charge on any atom is -0.508 e. The standard InChI is InChI=1S/C49H65N7O9/c1-8-31(4)43-45(61)51-37(25-30(2)3)46(62)55(7)41(28-34-18-22-36(58)23-19-34)49(65)56-24-12-15-39(56)48(64)53(5)29-42(59)50-38(26-32-13-10-9-11-14-32)47(63)54(6)40(44(60)52-43)27-33-16-20-35(57)21-17-33/h9-11,13-14,16-23,30-31,37-41,43,57-58H,8,12,15,24-29H2,1-7H3,(H,50,59)(H,51,61)(H,52,60)/t31-,37-,38-,39-,40-,41+,43-/m0/s1. The molecule has 350 valence electrons. The molecule has 0 spiro atoms. The zero-order valence-electron chi connectivity index (χ0n) is 38.5. The molecule has 2 heterocycles. The molecule has 7 atom stereocenters. The van der Waals surface area contributed by atoms with Gasteiger partial charge in [-0.1, -0.05) is 88.7 Å². The SMILES string of the molecule is CC[C@H](C)[C@@H]1NC(=O)[C@H](Cc2ccc(O)cc2)N(C)C(=O)[C@H](Cc2ccccc2)NC(=O)CN(C)C(=O)[C@@H]2CCCN2C(=O)[C@@H](Cc2ccc(O)cc2)N(C)C(=O)[C@H](CC(C)C)NC1=O. The van der Waals surface area contributed by atoms with Crippen molar-refractivity contribution in [1.82, 2.24) is 35.6 Å². The highest BCUT2D eigenvalue weighted by atomic mass is 16.3. The number of hydrogen-bond acceptors (Lipinski definition) is 9. The Hall–Kier alpha value is -6.45. The van der Waals surface area contributed by atoms with Crippen molar-refractivity contribution in [2.75, 3.05) is 34.2 Å². The highest BCUT2D eigenvalue weighted by Crippen LogP contribution is 2.25. The number of phenols is 2. The molecule has 0 aromatic heterocycles. The maximum Gasteiger partial charge on any atom is 0.246 e. The van der Waals surface area contributed by atoms with Crippen molar-refractivity contribution in [3.63, 3.8) is 0 Å². The van der Waals surface area contributed by atoms with Gasteiger partial charge in [-0.15, -0.1) is 0 Å². The summed E-state index contributed by atoms with van der Waals surface area (Å²) in [7, 11) is 4.39. The van der Waals surface area contributed by atoms with E-state index in [9.17, 15) is 43.8 Å². The third-order valence-corrected chi connectivity index (χ3v) is 12.6. The van der Waals surface area contributed by atoms with E-state index in [4.69, 9.17) is 0 Å². The van der Waals surface area contributed by atoms with Crippen LogP contribution < -0.4 is 16.0 Å². The summed E-state index contributed by atoms with van der Waals surface area (Å²) in [6.45, 7) is 7.22. The van der Waals surface area contributed by atoms with E-state index in [0.29, 0.717) is 30.4 Å². The molecular formula is C49H65N7O9. The van der Waals surface area contributed by atoms with Gasteiger partial charge < -0.3 is 45.8 Å². The fraction of sp³-hybridized carbons (Fsp3) is 0.490. The van der Waals surface area contributed by atoms with Crippen LogP contribution >= 0.6 is 0 Å². The van der Waals surface area contributed by atoms with Crippen LogP contribution in [0.5, 0.6) is 11.5 Å². The van der Waals surface area contributed by atoms with Crippen LogP contribution in [0.2, 0.25) is 0 Å². The zero-order chi connectivity index (χ0) is 47.5. The third kappa shape index (κ3) is 12.9. The van der Waals surface area contributed by atoms with Crippen molar-refractivity contribution in [2.45, 2.75) is 109 Å². The summed E-state index contributed by atoms with van der Waals surface area (Å²) in [4.78, 5) is 107. The number of nitrogens with zero attached hydrogens (tertiary/aromatic N) is 4. The highest BCUT2D eigenvalue weighted by Gasteiger charge is 2.43. The molecule has 0 unspecified atom stereocenters. The zero-order valence-corrected chi connectivity index (χ0v) is 38.5. The van der Waals surface area contributed by atoms with Gasteiger partial charge in [-0.2, -0.15) is 0 Å². The van der Waals surface area contributed by atoms with E-state index in [1.54, 1.807) is 55.5 Å². The molecular weight excluding hydrogens is 831 g/mol. The second kappa shape index (κ2) is 22.4. The molecule has 5 rings (SSSR count). The Balaban J connectivity index is 1.61. The van der Waals surface area contributed by atoms with Crippen molar-refractivity contribution in [2.24, 2.45) is 11.8 Å². The molecule has 3 aromatic rings. The van der Waals surface area contributed by atoms with Crippen molar-refractivity contribution < 1.29 is 43.8 Å². The Morgan fingerprint density at radius 2 is 1.15 bits per heavy atom. The van der Waals surface area contributed by atoms with Gasteiger partial charge in [-0.05, 0) is 72.1 Å². The van der Waals surface area contributed by atoms with E-state index in [-0.39, 0.29) is 49.6 Å². The third-order valence-electron chi connectivity index (χ3n) is 12.6. The molecule has 2 saturated heterocycles. The van der Waals surface area contributed by atoms with Gasteiger partial charge in [0.1, 0.15) is 47.8 Å². The summed E-state index contributed by atoms with van der Waals surface area (Å²) in [5, 5.41) is 28.7. The molecule has 0 bridgehead atoms. The largest absolute Gasteiger partial charge is 0.508 e. The van der Waals surface area contributed by atoms with Gasteiger partial charge in [0.25, 0.3) is 0 Å². The maximum atomic E-state index is 14.8. The van der Waals surface area contributed by atoms with E-state index in [2.05, 4.69) is 16.0 Å². The maximum absolute atomic E-state index is 14.8. The van der Waals surface area contributed by atoms with Gasteiger partial charge in [0.2, 0.25) is 41.4 Å². The Bertz CT molecular complexity index is 2150. The van der Waals surface area contributed by atoms with E-state index in [1.165, 1.54) is 65.0 Å². The molecule has 2 aliphatic heterocycles. The first-order valence-corrected chi connectivity index (χ1v) is 22.5. The second-order valence-corrected chi connectivity index (χ2v) is 17.9. The van der Waals surface area contributed by atoms with Crippen molar-refractivity contribution in [1.29, 1.82) is 0 Å². The van der Waals surface area contributed by atoms with E-state index in [1.807, 2.05) is 26.8 Å². The Morgan fingerprint density at radius 1 is 0.615 bits per heavy atom. The van der Waals surface area contributed by atoms with Crippen molar-refractivity contribution in [3.05, 3.63) is 95.6 Å². The first-order chi connectivity index (χ1) is 30.9. The summed E-state index contributed by atoms with van der Waals surface area (Å²) >= 11 is 0. The lowest BCUT2D eigenvalue weighted by molar-refractivity contribution is -0.150. The topological polar surface area (TPSA) is 209 Å². The van der Waals surface area contributed by atoms with Crippen LogP contribution in [0.4, 0.5) is 0 Å². The minimum absolute atomic E-state index is 0.00460. The molecule has 16 heteroatoms. The van der Waals surface area contributed by atoms with Crippen molar-refractivity contribution in [3.8, 4) is 11.5 Å². The Morgan fingerprint density at radius 3 is 1.72 bits per heavy atom. The number of aromatic hydroxyl groups is 2. The number of carbonyl (C=O) groups excluding carboxylic acids is 7. The fourth-order valence-electron chi connectivity index (χ4n) is 8.53. The van der Waals surface area contributed by atoms with Crippen LogP contribution in [-0.2, 0) is 52.8 Å². The first kappa shape index (κ1) is 49.6. The summed E-state index contributed by atoms with van der Waals surface area (Å²) in [6, 6.07) is 14.7. The lowest BCUT2D eigenvalue weighted by Crippen LogP contribution is -2.61. The van der Waals surface area contributed by atoms with Gasteiger partial charge in [0.05, 0.1) is 6.54 Å². The molecule has 0 radical (unpaired) electrons. The predicted molar refractivity (Wildman–Crippen MR) is 244 cm³/mol. The monoisotopic (exact) mass is 895 g/mol. The van der Waals surface area contributed by atoms with Gasteiger partial charge in [0, 0.05) is 47.0 Å². The number of benzene rings is 3. The summed E-state index contributed by atoms with van der Waals surface area (Å²) in [5.41, 5.74) is 1.96. The second-order valence-electron chi connectivity index (χ2n) is 17.9. The number of rotatable bonds is 10. The van der Waals surface area contributed by atoms with Crippen LogP contribution in [-0.4, -0.2) is 142 Å². The first-order valence-electron chi connectivity index (χ1n) is 22.5. The molecule has 7 amide bonds. The van der Waals surface area contributed by atoms with Crippen LogP contribution in [0.15, 0.2) is 78.9 Å². The quantitative estimate of drug-likeness (QED) is 0.203. The molecule has 0 aliphatic carbocycles. The van der Waals surface area contributed by atoms with Gasteiger partial charge in [0.15, 0.2) is 0 Å². The molecule has 3 aromatic carbocycles. The lowest BCUT2D eigenvalue weighted by atomic mass is 9.95. The van der Waals surface area contributed by atoms with Crippen LogP contribution in [0.1, 0.15) is 70.1 Å². The number of fused-ring (bicyclic) bond motifs is 1.